The molecule has 0 aromatic carbocycles. The lowest BCUT2D eigenvalue weighted by atomic mass is 10.2. The first-order valence-corrected chi connectivity index (χ1v) is 9.00. The molecule has 1 saturated heterocycles. The molecule has 0 radical (unpaired) electrons. The molecule has 1 fully saturated rings. The summed E-state index contributed by atoms with van der Waals surface area (Å²) < 4.78 is 24.6. The maximum Gasteiger partial charge on any atom is 0.238 e. The second-order valence-corrected chi connectivity index (χ2v) is 7.60. The zero-order chi connectivity index (χ0) is 16.3. The Morgan fingerprint density at radius 2 is 2.23 bits per heavy atom. The van der Waals surface area contributed by atoms with Gasteiger partial charge in [-0.1, -0.05) is 0 Å². The van der Waals surface area contributed by atoms with Crippen molar-refractivity contribution in [3.8, 4) is 0 Å². The van der Waals surface area contributed by atoms with Gasteiger partial charge in [0, 0.05) is 33.4 Å². The number of sulfonamides is 1. The summed E-state index contributed by atoms with van der Waals surface area (Å²) in [6.07, 6.45) is 4.11. The number of nitrogens with zero attached hydrogens (tertiary/aromatic N) is 3. The Hall–Kier alpha value is -1.67. The molecule has 1 aliphatic rings. The Labute approximate surface area is 131 Å². The standard InChI is InChI=1S/C14H22N4O3S/c1-17(2)13-9-11(6-7-15-13)10-16-14(19)12-5-4-8-18(12)22(3,20)21/h6-7,9,12H,4-5,8,10H2,1-3H3,(H,16,19)/t12-/m1/s1. The van der Waals surface area contributed by atoms with E-state index >= 15 is 0 Å². The van der Waals surface area contributed by atoms with Crippen molar-refractivity contribution in [3.63, 3.8) is 0 Å². The Balaban J connectivity index is 1.99. The zero-order valence-electron chi connectivity index (χ0n) is 13.1. The van der Waals surface area contributed by atoms with Gasteiger partial charge in [0.1, 0.15) is 11.9 Å². The fraction of sp³-hybridized carbons (Fsp3) is 0.571. The maximum atomic E-state index is 12.3. The monoisotopic (exact) mass is 326 g/mol. The molecule has 22 heavy (non-hydrogen) atoms. The van der Waals surface area contributed by atoms with Crippen molar-refractivity contribution in [2.75, 3.05) is 31.8 Å². The summed E-state index contributed by atoms with van der Waals surface area (Å²) in [5.74, 6) is 0.566. The van der Waals surface area contributed by atoms with Crippen LogP contribution in [0, 0.1) is 0 Å². The van der Waals surface area contributed by atoms with Gasteiger partial charge in [0.15, 0.2) is 0 Å². The number of aromatic nitrogens is 1. The molecule has 2 rings (SSSR count). The first-order valence-electron chi connectivity index (χ1n) is 7.16. The number of rotatable bonds is 5. The van der Waals surface area contributed by atoms with Crippen LogP contribution in [0.25, 0.3) is 0 Å². The third-order valence-electron chi connectivity index (χ3n) is 3.67. The van der Waals surface area contributed by atoms with E-state index in [2.05, 4.69) is 10.3 Å². The average Bonchev–Trinajstić information content (AvgIpc) is 2.94. The number of amides is 1. The van der Waals surface area contributed by atoms with Crippen LogP contribution >= 0.6 is 0 Å². The Morgan fingerprint density at radius 1 is 1.50 bits per heavy atom. The van der Waals surface area contributed by atoms with Crippen LogP contribution in [0.5, 0.6) is 0 Å². The number of carbonyl (C=O) groups excluding carboxylic acids is 1. The van der Waals surface area contributed by atoms with Crippen molar-refractivity contribution in [2.45, 2.75) is 25.4 Å². The number of pyridine rings is 1. The molecule has 1 atom stereocenters. The quantitative estimate of drug-likeness (QED) is 0.835. The van der Waals surface area contributed by atoms with Crippen LogP contribution in [0.4, 0.5) is 5.82 Å². The highest BCUT2D eigenvalue weighted by atomic mass is 32.2. The van der Waals surface area contributed by atoms with Crippen molar-refractivity contribution in [1.29, 1.82) is 0 Å². The summed E-state index contributed by atoms with van der Waals surface area (Å²) >= 11 is 0. The van der Waals surface area contributed by atoms with Gasteiger partial charge >= 0.3 is 0 Å². The van der Waals surface area contributed by atoms with Crippen molar-refractivity contribution in [3.05, 3.63) is 23.9 Å². The molecule has 1 amide bonds. The van der Waals surface area contributed by atoms with Crippen LogP contribution in [0.2, 0.25) is 0 Å². The fourth-order valence-corrected chi connectivity index (χ4v) is 3.65. The first kappa shape index (κ1) is 16.7. The summed E-state index contributed by atoms with van der Waals surface area (Å²) in [5.41, 5.74) is 0.927. The van der Waals surface area contributed by atoms with Gasteiger partial charge in [-0.05, 0) is 30.5 Å². The minimum atomic E-state index is -3.34. The zero-order valence-corrected chi connectivity index (χ0v) is 13.9. The van der Waals surface area contributed by atoms with E-state index in [0.29, 0.717) is 25.9 Å². The van der Waals surface area contributed by atoms with Gasteiger partial charge in [0.05, 0.1) is 6.26 Å². The predicted molar refractivity (Wildman–Crippen MR) is 85.0 cm³/mol. The second-order valence-electron chi connectivity index (χ2n) is 5.67. The molecule has 2 heterocycles. The highest BCUT2D eigenvalue weighted by Crippen LogP contribution is 2.20. The molecule has 1 aromatic heterocycles. The van der Waals surface area contributed by atoms with Gasteiger partial charge in [0.25, 0.3) is 0 Å². The largest absolute Gasteiger partial charge is 0.363 e. The molecule has 1 aliphatic heterocycles. The molecule has 8 heteroatoms. The van der Waals surface area contributed by atoms with E-state index < -0.39 is 16.1 Å². The van der Waals surface area contributed by atoms with Gasteiger partial charge in [0.2, 0.25) is 15.9 Å². The fourth-order valence-electron chi connectivity index (χ4n) is 2.52. The molecular weight excluding hydrogens is 304 g/mol. The van der Waals surface area contributed by atoms with E-state index in [9.17, 15) is 13.2 Å². The van der Waals surface area contributed by atoms with Crippen LogP contribution < -0.4 is 10.2 Å². The number of nitrogens with one attached hydrogen (secondary N) is 1. The topological polar surface area (TPSA) is 82.6 Å². The van der Waals surface area contributed by atoms with Crippen LogP contribution in [0.1, 0.15) is 18.4 Å². The molecule has 0 aliphatic carbocycles. The number of anilines is 1. The van der Waals surface area contributed by atoms with Crippen LogP contribution in [0.15, 0.2) is 18.3 Å². The summed E-state index contributed by atoms with van der Waals surface area (Å²) in [7, 11) is 0.450. The Kier molecular flexibility index (Phi) is 5.02. The van der Waals surface area contributed by atoms with Gasteiger partial charge in [-0.25, -0.2) is 13.4 Å². The normalized spacial score (nSPS) is 19.1. The Morgan fingerprint density at radius 3 is 2.86 bits per heavy atom. The summed E-state index contributed by atoms with van der Waals surface area (Å²) in [4.78, 5) is 18.3. The Bertz CT molecular complexity index is 645. The summed E-state index contributed by atoms with van der Waals surface area (Å²) in [6, 6.07) is 3.13. The molecule has 7 nitrogen and oxygen atoms in total. The molecule has 1 aromatic rings. The molecule has 1 N–H and O–H groups in total. The van der Waals surface area contributed by atoms with Crippen molar-refractivity contribution >= 4 is 21.7 Å². The molecule has 0 unspecified atom stereocenters. The smallest absolute Gasteiger partial charge is 0.238 e. The lowest BCUT2D eigenvalue weighted by Gasteiger charge is -2.21. The van der Waals surface area contributed by atoms with Gasteiger partial charge < -0.3 is 10.2 Å². The van der Waals surface area contributed by atoms with E-state index in [-0.39, 0.29) is 5.91 Å². The maximum absolute atomic E-state index is 12.3. The lowest BCUT2D eigenvalue weighted by Crippen LogP contribution is -2.45. The first-order chi connectivity index (χ1) is 10.3. The lowest BCUT2D eigenvalue weighted by molar-refractivity contribution is -0.124. The van der Waals surface area contributed by atoms with Crippen LogP contribution in [-0.4, -0.2) is 56.6 Å². The molecule has 122 valence electrons. The predicted octanol–water partition coefficient (Wildman–Crippen LogP) is 0.188. The van der Waals surface area contributed by atoms with E-state index in [4.69, 9.17) is 0 Å². The SMILES string of the molecule is CN(C)c1cc(CNC(=O)[C@H]2CCCN2S(C)(=O)=O)ccn1. The highest BCUT2D eigenvalue weighted by Gasteiger charge is 2.36. The van der Waals surface area contributed by atoms with Gasteiger partial charge in [-0.15, -0.1) is 0 Å². The van der Waals surface area contributed by atoms with Crippen molar-refractivity contribution in [1.82, 2.24) is 14.6 Å². The van der Waals surface area contributed by atoms with Crippen LogP contribution in [-0.2, 0) is 21.4 Å². The van der Waals surface area contributed by atoms with Gasteiger partial charge in [-0.2, -0.15) is 4.31 Å². The number of hydrogen-bond acceptors (Lipinski definition) is 5. The van der Waals surface area contributed by atoms with E-state index in [1.54, 1.807) is 6.20 Å². The number of hydrogen-bond donors (Lipinski definition) is 1. The van der Waals surface area contributed by atoms with Crippen molar-refractivity contribution in [2.24, 2.45) is 0 Å². The van der Waals surface area contributed by atoms with E-state index in [1.165, 1.54) is 4.31 Å². The number of carbonyl (C=O) groups is 1. The molecule has 0 bridgehead atoms. The van der Waals surface area contributed by atoms with E-state index in [1.807, 2.05) is 31.1 Å². The molecule has 0 saturated carbocycles. The highest BCUT2D eigenvalue weighted by molar-refractivity contribution is 7.88. The summed E-state index contributed by atoms with van der Waals surface area (Å²) in [5, 5.41) is 2.82. The molecular formula is C14H22N4O3S. The minimum absolute atomic E-state index is 0.244. The van der Waals surface area contributed by atoms with E-state index in [0.717, 1.165) is 17.6 Å². The summed E-state index contributed by atoms with van der Waals surface area (Å²) in [6.45, 7) is 0.771. The average molecular weight is 326 g/mol. The van der Waals surface area contributed by atoms with Crippen LogP contribution in [0.3, 0.4) is 0 Å². The minimum Gasteiger partial charge on any atom is -0.363 e. The molecule has 0 spiro atoms. The van der Waals surface area contributed by atoms with Crippen molar-refractivity contribution < 1.29 is 13.2 Å². The van der Waals surface area contributed by atoms with Gasteiger partial charge in [-0.3, -0.25) is 4.79 Å². The second kappa shape index (κ2) is 6.62. The third kappa shape index (κ3) is 3.95. The third-order valence-corrected chi connectivity index (χ3v) is 4.96.